The van der Waals surface area contributed by atoms with Gasteiger partial charge in [0.1, 0.15) is 5.75 Å². The van der Waals surface area contributed by atoms with Gasteiger partial charge in [-0.3, -0.25) is 0 Å². The van der Waals surface area contributed by atoms with E-state index in [2.05, 4.69) is 22.0 Å². The van der Waals surface area contributed by atoms with Crippen LogP contribution in [0.3, 0.4) is 0 Å². The topological polar surface area (TPSA) is 46.5 Å². The number of hydrogen-bond acceptors (Lipinski definition) is 2. The van der Waals surface area contributed by atoms with Crippen molar-refractivity contribution in [3.05, 3.63) is 63.1 Å². The Morgan fingerprint density at radius 1 is 1.18 bits per heavy atom. The Morgan fingerprint density at radius 2 is 1.82 bits per heavy atom. The summed E-state index contributed by atoms with van der Waals surface area (Å²) in [5.74, 6) is -0.316. The predicted molar refractivity (Wildman–Crippen MR) is 90.6 cm³/mol. The van der Waals surface area contributed by atoms with Crippen molar-refractivity contribution in [2.75, 3.05) is 0 Å². The first-order valence-electron chi connectivity index (χ1n) is 7.08. The SMILES string of the molecule is Cc1cc(C)c(C)c(O[C@@H](Cc2ccc(Br)cc2)C(=O)O)c1. The van der Waals surface area contributed by atoms with Crippen molar-refractivity contribution in [3.8, 4) is 5.75 Å². The van der Waals surface area contributed by atoms with Crippen LogP contribution in [0.25, 0.3) is 0 Å². The zero-order valence-electron chi connectivity index (χ0n) is 12.9. The predicted octanol–water partition coefficient (Wildman–Crippen LogP) is 4.45. The maximum absolute atomic E-state index is 11.5. The lowest BCUT2D eigenvalue weighted by atomic mass is 10.0. The highest BCUT2D eigenvalue weighted by Crippen LogP contribution is 2.25. The number of carbonyl (C=O) groups is 1. The van der Waals surface area contributed by atoms with E-state index in [1.54, 1.807) is 0 Å². The van der Waals surface area contributed by atoms with Crippen LogP contribution in [0.4, 0.5) is 0 Å². The Kier molecular flexibility index (Phi) is 5.24. The lowest BCUT2D eigenvalue weighted by molar-refractivity contribution is -0.145. The summed E-state index contributed by atoms with van der Waals surface area (Å²) in [6.45, 7) is 5.92. The molecule has 0 saturated heterocycles. The number of halogens is 1. The van der Waals surface area contributed by atoms with Crippen molar-refractivity contribution in [2.45, 2.75) is 33.3 Å². The van der Waals surface area contributed by atoms with Crippen LogP contribution in [0.2, 0.25) is 0 Å². The number of benzene rings is 2. The molecule has 2 rings (SSSR count). The van der Waals surface area contributed by atoms with Gasteiger partial charge in [0.05, 0.1) is 0 Å². The highest BCUT2D eigenvalue weighted by atomic mass is 79.9. The van der Waals surface area contributed by atoms with E-state index in [9.17, 15) is 9.90 Å². The van der Waals surface area contributed by atoms with Gasteiger partial charge in [-0.2, -0.15) is 0 Å². The maximum atomic E-state index is 11.5. The Bertz CT molecular complexity index is 677. The molecule has 0 aliphatic heterocycles. The second-order valence-corrected chi connectivity index (χ2v) is 6.40. The molecule has 0 fully saturated rings. The van der Waals surface area contributed by atoms with E-state index in [4.69, 9.17) is 4.74 Å². The van der Waals surface area contributed by atoms with Gasteiger partial charge in [-0.25, -0.2) is 4.79 Å². The van der Waals surface area contributed by atoms with Gasteiger partial charge >= 0.3 is 5.97 Å². The summed E-state index contributed by atoms with van der Waals surface area (Å²) in [4.78, 5) is 11.5. The van der Waals surface area contributed by atoms with Gasteiger partial charge < -0.3 is 9.84 Å². The average molecular weight is 363 g/mol. The van der Waals surface area contributed by atoms with E-state index in [1.165, 1.54) is 0 Å². The molecule has 0 spiro atoms. The van der Waals surface area contributed by atoms with Crippen LogP contribution in [-0.4, -0.2) is 17.2 Å². The third-order valence-electron chi connectivity index (χ3n) is 3.64. The molecule has 4 heteroatoms. The molecule has 0 bridgehead atoms. The van der Waals surface area contributed by atoms with Crippen LogP contribution in [0, 0.1) is 20.8 Å². The van der Waals surface area contributed by atoms with E-state index < -0.39 is 12.1 Å². The van der Waals surface area contributed by atoms with E-state index in [1.807, 2.05) is 51.1 Å². The van der Waals surface area contributed by atoms with E-state index in [0.29, 0.717) is 12.2 Å². The Morgan fingerprint density at radius 3 is 2.41 bits per heavy atom. The number of ether oxygens (including phenoxy) is 1. The van der Waals surface area contributed by atoms with Crippen LogP contribution in [0.5, 0.6) is 5.75 Å². The summed E-state index contributed by atoms with van der Waals surface area (Å²) in [5, 5.41) is 9.45. The molecule has 22 heavy (non-hydrogen) atoms. The summed E-state index contributed by atoms with van der Waals surface area (Å²) in [5.41, 5.74) is 4.07. The van der Waals surface area contributed by atoms with E-state index >= 15 is 0 Å². The zero-order chi connectivity index (χ0) is 16.3. The number of carboxylic acid groups (broad SMARTS) is 1. The minimum absolute atomic E-state index is 0.328. The number of aliphatic carboxylic acids is 1. The fraction of sp³-hybridized carbons (Fsp3) is 0.278. The lowest BCUT2D eigenvalue weighted by Crippen LogP contribution is -2.29. The normalized spacial score (nSPS) is 12.0. The summed E-state index contributed by atoms with van der Waals surface area (Å²) in [6, 6.07) is 11.6. The maximum Gasteiger partial charge on any atom is 0.345 e. The fourth-order valence-corrected chi connectivity index (χ4v) is 2.55. The molecule has 1 atom stereocenters. The van der Waals surface area contributed by atoms with Crippen molar-refractivity contribution in [1.29, 1.82) is 0 Å². The first-order chi connectivity index (χ1) is 10.4. The summed E-state index contributed by atoms with van der Waals surface area (Å²) in [7, 11) is 0. The Labute approximate surface area is 139 Å². The minimum Gasteiger partial charge on any atom is -0.478 e. The fourth-order valence-electron chi connectivity index (χ4n) is 2.29. The van der Waals surface area contributed by atoms with E-state index in [-0.39, 0.29) is 0 Å². The van der Waals surface area contributed by atoms with Crippen molar-refractivity contribution < 1.29 is 14.6 Å². The van der Waals surface area contributed by atoms with Crippen molar-refractivity contribution >= 4 is 21.9 Å². The molecule has 0 aromatic heterocycles. The number of aryl methyl sites for hydroxylation is 2. The Hall–Kier alpha value is -1.81. The number of hydrogen-bond donors (Lipinski definition) is 1. The lowest BCUT2D eigenvalue weighted by Gasteiger charge is -2.18. The molecule has 0 aliphatic carbocycles. The number of carboxylic acids is 1. The van der Waals surface area contributed by atoms with Crippen LogP contribution >= 0.6 is 15.9 Å². The molecule has 0 unspecified atom stereocenters. The highest BCUT2D eigenvalue weighted by molar-refractivity contribution is 9.10. The monoisotopic (exact) mass is 362 g/mol. The highest BCUT2D eigenvalue weighted by Gasteiger charge is 2.21. The largest absolute Gasteiger partial charge is 0.478 e. The van der Waals surface area contributed by atoms with Gasteiger partial charge in [-0.1, -0.05) is 34.1 Å². The summed E-state index contributed by atoms with van der Waals surface area (Å²) in [6.07, 6.45) is -0.573. The summed E-state index contributed by atoms with van der Waals surface area (Å²) < 4.78 is 6.76. The Balaban J connectivity index is 2.22. The first kappa shape index (κ1) is 16.6. The van der Waals surface area contributed by atoms with Crippen LogP contribution in [-0.2, 0) is 11.2 Å². The average Bonchev–Trinajstić information content (AvgIpc) is 2.45. The molecular weight excluding hydrogens is 344 g/mol. The van der Waals surface area contributed by atoms with Crippen molar-refractivity contribution in [3.63, 3.8) is 0 Å². The molecule has 116 valence electrons. The van der Waals surface area contributed by atoms with E-state index in [0.717, 1.165) is 26.7 Å². The molecule has 0 heterocycles. The molecule has 0 radical (unpaired) electrons. The molecule has 0 aliphatic rings. The van der Waals surface area contributed by atoms with Gasteiger partial charge in [-0.15, -0.1) is 0 Å². The number of rotatable bonds is 5. The second-order valence-electron chi connectivity index (χ2n) is 5.48. The van der Waals surface area contributed by atoms with Gasteiger partial charge in [-0.05, 0) is 61.2 Å². The molecule has 3 nitrogen and oxygen atoms in total. The van der Waals surface area contributed by atoms with Gasteiger partial charge in [0.2, 0.25) is 0 Å². The zero-order valence-corrected chi connectivity index (χ0v) is 14.5. The minimum atomic E-state index is -0.957. The smallest absolute Gasteiger partial charge is 0.345 e. The standard InChI is InChI=1S/C18H19BrO3/c1-11-8-12(2)13(3)16(9-11)22-17(18(20)21)10-14-4-6-15(19)7-5-14/h4-9,17H,10H2,1-3H3,(H,20,21)/t17-/m0/s1. The molecule has 0 saturated carbocycles. The molecule has 0 amide bonds. The third kappa shape index (κ3) is 4.10. The molecule has 2 aromatic rings. The van der Waals surface area contributed by atoms with Crippen molar-refractivity contribution in [1.82, 2.24) is 0 Å². The van der Waals surface area contributed by atoms with Gasteiger partial charge in [0.25, 0.3) is 0 Å². The summed E-state index contributed by atoms with van der Waals surface area (Å²) >= 11 is 3.37. The molecule has 1 N–H and O–H groups in total. The van der Waals surface area contributed by atoms with Gasteiger partial charge in [0, 0.05) is 10.9 Å². The molecular formula is C18H19BrO3. The van der Waals surface area contributed by atoms with Crippen LogP contribution in [0.1, 0.15) is 22.3 Å². The van der Waals surface area contributed by atoms with Crippen molar-refractivity contribution in [2.24, 2.45) is 0 Å². The third-order valence-corrected chi connectivity index (χ3v) is 4.17. The van der Waals surface area contributed by atoms with Crippen LogP contribution in [0.15, 0.2) is 40.9 Å². The molecule has 2 aromatic carbocycles. The first-order valence-corrected chi connectivity index (χ1v) is 7.88. The van der Waals surface area contributed by atoms with Gasteiger partial charge in [0.15, 0.2) is 6.10 Å². The van der Waals surface area contributed by atoms with Crippen LogP contribution < -0.4 is 4.74 Å². The quantitative estimate of drug-likeness (QED) is 0.854. The second kappa shape index (κ2) is 6.97.